The predicted octanol–water partition coefficient (Wildman–Crippen LogP) is 1.13. The van der Waals surface area contributed by atoms with Crippen molar-refractivity contribution in [3.8, 4) is 0 Å². The lowest BCUT2D eigenvalue weighted by Crippen LogP contribution is -2.61. The van der Waals surface area contributed by atoms with Gasteiger partial charge in [0.25, 0.3) is 0 Å². The number of amides is 1. The van der Waals surface area contributed by atoms with Gasteiger partial charge in [-0.15, -0.1) is 24.8 Å². The van der Waals surface area contributed by atoms with Crippen molar-refractivity contribution in [3.63, 3.8) is 0 Å². The molecule has 2 aliphatic heterocycles. The molecular weight excluding hydrogens is 273 g/mol. The molecule has 2 unspecified atom stereocenters. The van der Waals surface area contributed by atoms with E-state index in [-0.39, 0.29) is 30.7 Å². The summed E-state index contributed by atoms with van der Waals surface area (Å²) in [5, 5.41) is 2.95. The number of hydrogen-bond acceptors (Lipinski definition) is 3. The third-order valence-electron chi connectivity index (χ3n) is 3.84. The summed E-state index contributed by atoms with van der Waals surface area (Å²) in [5.74, 6) is 0.250. The van der Waals surface area contributed by atoms with Gasteiger partial charge < -0.3 is 10.2 Å². The first-order valence-electron chi connectivity index (χ1n) is 6.40. The Hall–Kier alpha value is -0.0300. The molecule has 0 spiro atoms. The molecular formula is C12H25Cl2N3O. The van der Waals surface area contributed by atoms with Crippen LogP contribution in [0.2, 0.25) is 0 Å². The Labute approximate surface area is 122 Å². The van der Waals surface area contributed by atoms with E-state index in [9.17, 15) is 4.79 Å². The SMILES string of the molecule is CNCC(=O)N1CC2CCCCN2CC1C.Cl.Cl. The molecule has 2 aliphatic rings. The molecule has 2 atom stereocenters. The molecule has 0 aromatic rings. The lowest BCUT2D eigenvalue weighted by Gasteiger charge is -2.47. The molecule has 4 nitrogen and oxygen atoms in total. The van der Waals surface area contributed by atoms with E-state index in [2.05, 4.69) is 22.0 Å². The average molecular weight is 298 g/mol. The van der Waals surface area contributed by atoms with E-state index in [1.807, 2.05) is 7.05 Å². The zero-order valence-corrected chi connectivity index (χ0v) is 12.9. The third-order valence-corrected chi connectivity index (χ3v) is 3.84. The molecule has 2 saturated heterocycles. The molecule has 0 radical (unpaired) electrons. The molecule has 2 rings (SSSR count). The summed E-state index contributed by atoms with van der Waals surface area (Å²) in [6.45, 7) is 5.85. The van der Waals surface area contributed by atoms with Crippen LogP contribution in [0.5, 0.6) is 0 Å². The first-order valence-corrected chi connectivity index (χ1v) is 6.40. The van der Waals surface area contributed by atoms with Crippen molar-refractivity contribution in [1.29, 1.82) is 0 Å². The summed E-state index contributed by atoms with van der Waals surface area (Å²) in [4.78, 5) is 16.6. The van der Waals surface area contributed by atoms with Crippen LogP contribution in [0, 0.1) is 0 Å². The Bertz CT molecular complexity index is 266. The standard InChI is InChI=1S/C12H23N3O.2ClH/c1-10-8-14-6-4-3-5-11(14)9-15(10)12(16)7-13-2;;/h10-11,13H,3-9H2,1-2H3;2*1H. The Kier molecular flexibility index (Phi) is 8.19. The van der Waals surface area contributed by atoms with Crippen LogP contribution in [-0.2, 0) is 4.79 Å². The van der Waals surface area contributed by atoms with E-state index in [1.165, 1.54) is 25.8 Å². The Morgan fingerprint density at radius 2 is 2.00 bits per heavy atom. The lowest BCUT2D eigenvalue weighted by atomic mass is 9.97. The van der Waals surface area contributed by atoms with Crippen LogP contribution in [0.3, 0.4) is 0 Å². The van der Waals surface area contributed by atoms with E-state index < -0.39 is 0 Å². The molecule has 108 valence electrons. The van der Waals surface area contributed by atoms with Gasteiger partial charge in [-0.05, 0) is 33.4 Å². The van der Waals surface area contributed by atoms with E-state index in [0.29, 0.717) is 18.6 Å². The van der Waals surface area contributed by atoms with Crippen molar-refractivity contribution < 1.29 is 4.79 Å². The van der Waals surface area contributed by atoms with Crippen LogP contribution in [0.4, 0.5) is 0 Å². The minimum Gasteiger partial charge on any atom is -0.336 e. The number of carbonyl (C=O) groups excluding carboxylic acids is 1. The summed E-state index contributed by atoms with van der Waals surface area (Å²) < 4.78 is 0. The molecule has 0 aromatic heterocycles. The van der Waals surface area contributed by atoms with E-state index in [4.69, 9.17) is 0 Å². The number of halogens is 2. The Balaban J connectivity index is 0.00000144. The van der Waals surface area contributed by atoms with Crippen molar-refractivity contribution >= 4 is 30.7 Å². The zero-order valence-electron chi connectivity index (χ0n) is 11.2. The summed E-state index contributed by atoms with van der Waals surface area (Å²) in [7, 11) is 1.83. The second-order valence-electron chi connectivity index (χ2n) is 5.07. The summed E-state index contributed by atoms with van der Waals surface area (Å²) in [6, 6.07) is 0.987. The number of hydrogen-bond donors (Lipinski definition) is 1. The second-order valence-corrected chi connectivity index (χ2v) is 5.07. The molecule has 2 heterocycles. The van der Waals surface area contributed by atoms with E-state index >= 15 is 0 Å². The van der Waals surface area contributed by atoms with Gasteiger partial charge in [0.15, 0.2) is 0 Å². The van der Waals surface area contributed by atoms with Gasteiger partial charge in [-0.3, -0.25) is 9.69 Å². The number of nitrogens with zero attached hydrogens (tertiary/aromatic N) is 2. The van der Waals surface area contributed by atoms with Crippen LogP contribution < -0.4 is 5.32 Å². The van der Waals surface area contributed by atoms with Gasteiger partial charge in [-0.2, -0.15) is 0 Å². The smallest absolute Gasteiger partial charge is 0.236 e. The Morgan fingerprint density at radius 3 is 2.67 bits per heavy atom. The number of piperazine rings is 1. The lowest BCUT2D eigenvalue weighted by molar-refractivity contribution is -0.137. The molecule has 2 fully saturated rings. The van der Waals surface area contributed by atoms with Crippen LogP contribution in [0.15, 0.2) is 0 Å². The maximum atomic E-state index is 11.9. The number of nitrogens with one attached hydrogen (secondary N) is 1. The molecule has 1 N–H and O–H groups in total. The van der Waals surface area contributed by atoms with Gasteiger partial charge >= 0.3 is 0 Å². The maximum Gasteiger partial charge on any atom is 0.236 e. The van der Waals surface area contributed by atoms with Crippen LogP contribution in [0.25, 0.3) is 0 Å². The van der Waals surface area contributed by atoms with Gasteiger partial charge in [-0.25, -0.2) is 0 Å². The van der Waals surface area contributed by atoms with Crippen LogP contribution in [0.1, 0.15) is 26.2 Å². The number of piperidine rings is 1. The van der Waals surface area contributed by atoms with Gasteiger partial charge in [-0.1, -0.05) is 6.42 Å². The highest BCUT2D eigenvalue weighted by atomic mass is 35.5. The van der Waals surface area contributed by atoms with Gasteiger partial charge in [0.2, 0.25) is 5.91 Å². The third kappa shape index (κ3) is 3.98. The van der Waals surface area contributed by atoms with Crippen molar-refractivity contribution in [2.45, 2.75) is 38.3 Å². The molecule has 0 aromatic carbocycles. The first kappa shape index (κ1) is 18.0. The fourth-order valence-corrected chi connectivity index (χ4v) is 2.95. The minimum atomic E-state index is 0. The van der Waals surface area contributed by atoms with Gasteiger partial charge in [0, 0.05) is 25.2 Å². The Morgan fingerprint density at radius 1 is 1.28 bits per heavy atom. The summed E-state index contributed by atoms with van der Waals surface area (Å²) in [5.41, 5.74) is 0. The number of fused-ring (bicyclic) bond motifs is 1. The topological polar surface area (TPSA) is 35.6 Å². The van der Waals surface area contributed by atoms with Gasteiger partial charge in [0.05, 0.1) is 6.54 Å². The van der Waals surface area contributed by atoms with Crippen molar-refractivity contribution in [2.24, 2.45) is 0 Å². The predicted molar refractivity (Wildman–Crippen MR) is 78.8 cm³/mol. The van der Waals surface area contributed by atoms with E-state index in [0.717, 1.165) is 13.1 Å². The van der Waals surface area contributed by atoms with Gasteiger partial charge in [0.1, 0.15) is 0 Å². The number of rotatable bonds is 2. The second kappa shape index (κ2) is 8.20. The van der Waals surface area contributed by atoms with Crippen LogP contribution in [-0.4, -0.2) is 61.0 Å². The summed E-state index contributed by atoms with van der Waals surface area (Å²) in [6.07, 6.45) is 3.91. The normalized spacial score (nSPS) is 27.8. The monoisotopic (exact) mass is 297 g/mol. The fraction of sp³-hybridized carbons (Fsp3) is 0.917. The average Bonchev–Trinajstić information content (AvgIpc) is 2.28. The van der Waals surface area contributed by atoms with Crippen molar-refractivity contribution in [2.75, 3.05) is 33.2 Å². The molecule has 0 saturated carbocycles. The number of likely N-dealkylation sites (N-methyl/N-ethyl adjacent to an activating group) is 1. The molecule has 6 heteroatoms. The maximum absolute atomic E-state index is 11.9. The van der Waals surface area contributed by atoms with Crippen molar-refractivity contribution in [1.82, 2.24) is 15.1 Å². The fourth-order valence-electron chi connectivity index (χ4n) is 2.95. The highest BCUT2D eigenvalue weighted by Crippen LogP contribution is 2.23. The highest BCUT2D eigenvalue weighted by molar-refractivity contribution is 5.85. The molecule has 1 amide bonds. The van der Waals surface area contributed by atoms with Crippen LogP contribution >= 0.6 is 24.8 Å². The van der Waals surface area contributed by atoms with Crippen molar-refractivity contribution in [3.05, 3.63) is 0 Å². The highest BCUT2D eigenvalue weighted by Gasteiger charge is 2.34. The summed E-state index contributed by atoms with van der Waals surface area (Å²) >= 11 is 0. The first-order chi connectivity index (χ1) is 7.72. The molecule has 18 heavy (non-hydrogen) atoms. The largest absolute Gasteiger partial charge is 0.336 e. The quantitative estimate of drug-likeness (QED) is 0.830. The molecule has 0 bridgehead atoms. The number of carbonyl (C=O) groups is 1. The minimum absolute atomic E-state index is 0. The van der Waals surface area contributed by atoms with E-state index in [1.54, 1.807) is 0 Å². The molecule has 0 aliphatic carbocycles. The zero-order chi connectivity index (χ0) is 11.5.